The zero-order valence-electron chi connectivity index (χ0n) is 16.8. The fourth-order valence-electron chi connectivity index (χ4n) is 4.42. The maximum atomic E-state index is 4.76. The Morgan fingerprint density at radius 2 is 1.81 bits per heavy atom. The van der Waals surface area contributed by atoms with Crippen LogP contribution in [-0.4, -0.2) is 47.6 Å². The zero-order valence-corrected chi connectivity index (χ0v) is 19.1. The van der Waals surface area contributed by atoms with Crippen molar-refractivity contribution in [1.82, 2.24) is 20.5 Å². The number of hydrogen-bond acceptors (Lipinski definition) is 3. The molecule has 0 unspecified atom stereocenters. The van der Waals surface area contributed by atoms with E-state index in [0.29, 0.717) is 12.1 Å². The van der Waals surface area contributed by atoms with Gasteiger partial charge in [-0.05, 0) is 57.8 Å². The molecule has 0 aromatic carbocycles. The van der Waals surface area contributed by atoms with Gasteiger partial charge in [0.2, 0.25) is 0 Å². The molecule has 27 heavy (non-hydrogen) atoms. The van der Waals surface area contributed by atoms with Crippen LogP contribution < -0.4 is 10.6 Å². The van der Waals surface area contributed by atoms with Gasteiger partial charge in [0.15, 0.2) is 5.96 Å². The average molecular weight is 485 g/mol. The molecule has 1 aliphatic carbocycles. The molecule has 0 amide bonds. The summed E-state index contributed by atoms with van der Waals surface area (Å²) in [6.45, 7) is 7.16. The molecule has 2 heterocycles. The largest absolute Gasteiger partial charge is 0.357 e. The fourth-order valence-corrected chi connectivity index (χ4v) is 4.42. The van der Waals surface area contributed by atoms with E-state index in [4.69, 9.17) is 4.99 Å². The summed E-state index contributed by atoms with van der Waals surface area (Å²) in [7, 11) is 0. The van der Waals surface area contributed by atoms with E-state index in [1.807, 2.05) is 24.4 Å². The van der Waals surface area contributed by atoms with E-state index in [0.717, 1.165) is 24.7 Å². The molecule has 1 aromatic rings. The topological polar surface area (TPSA) is 52.6 Å². The zero-order chi connectivity index (χ0) is 18.1. The Morgan fingerprint density at radius 1 is 1.07 bits per heavy atom. The van der Waals surface area contributed by atoms with E-state index in [9.17, 15) is 0 Å². The number of rotatable bonds is 6. The number of nitrogens with zero attached hydrogens (tertiary/aromatic N) is 3. The molecule has 0 bridgehead atoms. The number of aromatic nitrogens is 1. The van der Waals surface area contributed by atoms with Gasteiger partial charge in [-0.2, -0.15) is 0 Å². The number of halogens is 1. The van der Waals surface area contributed by atoms with E-state index < -0.39 is 0 Å². The van der Waals surface area contributed by atoms with Crippen molar-refractivity contribution < 1.29 is 0 Å². The molecule has 5 nitrogen and oxygen atoms in total. The molecule has 2 fully saturated rings. The second kappa shape index (κ2) is 11.8. The summed E-state index contributed by atoms with van der Waals surface area (Å²) in [4.78, 5) is 11.9. The standard InChI is InChI=1S/C21H35N5.HI/c1-2-22-20(24-17-19-11-5-8-14-23-19)25-18-21(12-6-3-7-13-21)26-15-9-4-10-16-26;/h5,8,11,14H,2-4,6-7,9-10,12-13,15-18H2,1H3,(H2,22,24,25);1H. The van der Waals surface area contributed by atoms with Crippen LogP contribution in [0.2, 0.25) is 0 Å². The van der Waals surface area contributed by atoms with E-state index in [2.05, 4.69) is 27.4 Å². The second-order valence-corrected chi connectivity index (χ2v) is 7.70. The lowest BCUT2D eigenvalue weighted by Gasteiger charge is -2.48. The first-order chi connectivity index (χ1) is 12.8. The number of aliphatic imine (C=N–C) groups is 1. The lowest BCUT2D eigenvalue weighted by atomic mass is 9.79. The van der Waals surface area contributed by atoms with Gasteiger partial charge in [0.25, 0.3) is 0 Å². The minimum atomic E-state index is 0. The average Bonchev–Trinajstić information content (AvgIpc) is 2.72. The lowest BCUT2D eigenvalue weighted by molar-refractivity contribution is 0.0368. The number of nitrogens with one attached hydrogen (secondary N) is 2. The van der Waals surface area contributed by atoms with Crippen molar-refractivity contribution >= 4 is 29.9 Å². The highest BCUT2D eigenvalue weighted by molar-refractivity contribution is 14.0. The van der Waals surface area contributed by atoms with Crippen LogP contribution in [0.5, 0.6) is 0 Å². The molecule has 1 aromatic heterocycles. The quantitative estimate of drug-likeness (QED) is 0.364. The van der Waals surface area contributed by atoms with Crippen LogP contribution in [-0.2, 0) is 6.54 Å². The molecule has 1 saturated heterocycles. The Balaban J connectivity index is 0.00000261. The number of pyridine rings is 1. The Labute approximate surface area is 181 Å². The lowest BCUT2D eigenvalue weighted by Crippen LogP contribution is -2.59. The van der Waals surface area contributed by atoms with Gasteiger partial charge in [-0.25, -0.2) is 4.99 Å². The summed E-state index contributed by atoms with van der Waals surface area (Å²) in [5.41, 5.74) is 1.33. The monoisotopic (exact) mass is 485 g/mol. The summed E-state index contributed by atoms with van der Waals surface area (Å²) in [5, 5.41) is 7.07. The third-order valence-corrected chi connectivity index (χ3v) is 5.87. The minimum absolute atomic E-state index is 0. The second-order valence-electron chi connectivity index (χ2n) is 7.70. The molecule has 0 radical (unpaired) electrons. The SMILES string of the molecule is CCNC(=NCc1ccccn1)NCC1(N2CCCCC2)CCCCC1.I. The van der Waals surface area contributed by atoms with Gasteiger partial charge in [0.05, 0.1) is 12.2 Å². The predicted octanol–water partition coefficient (Wildman–Crippen LogP) is 3.94. The molecule has 0 spiro atoms. The molecule has 152 valence electrons. The number of piperidine rings is 1. The van der Waals surface area contributed by atoms with Crippen LogP contribution in [0, 0.1) is 0 Å². The van der Waals surface area contributed by atoms with E-state index in [-0.39, 0.29) is 24.0 Å². The molecular weight excluding hydrogens is 449 g/mol. The van der Waals surface area contributed by atoms with Crippen LogP contribution in [0.15, 0.2) is 29.4 Å². The van der Waals surface area contributed by atoms with Gasteiger partial charge in [0, 0.05) is 24.8 Å². The maximum absolute atomic E-state index is 4.76. The molecule has 2 aliphatic rings. The van der Waals surface area contributed by atoms with E-state index >= 15 is 0 Å². The third-order valence-electron chi connectivity index (χ3n) is 5.87. The van der Waals surface area contributed by atoms with Crippen molar-refractivity contribution in [3.8, 4) is 0 Å². The molecule has 1 saturated carbocycles. The molecular formula is C21H36IN5. The van der Waals surface area contributed by atoms with Gasteiger partial charge < -0.3 is 10.6 Å². The number of guanidine groups is 1. The maximum Gasteiger partial charge on any atom is 0.191 e. The van der Waals surface area contributed by atoms with Crippen LogP contribution >= 0.6 is 24.0 Å². The van der Waals surface area contributed by atoms with Crippen LogP contribution in [0.1, 0.15) is 64.0 Å². The molecule has 1 aliphatic heterocycles. The van der Waals surface area contributed by atoms with Crippen molar-refractivity contribution in [3.63, 3.8) is 0 Å². The van der Waals surface area contributed by atoms with Gasteiger partial charge in [-0.3, -0.25) is 9.88 Å². The summed E-state index contributed by atoms with van der Waals surface area (Å²) in [5.74, 6) is 0.917. The van der Waals surface area contributed by atoms with E-state index in [1.54, 1.807) is 0 Å². The summed E-state index contributed by atoms with van der Waals surface area (Å²) in [6.07, 6.45) is 12.7. The molecule has 6 heteroatoms. The highest BCUT2D eigenvalue weighted by Gasteiger charge is 2.38. The van der Waals surface area contributed by atoms with Gasteiger partial charge in [0.1, 0.15) is 0 Å². The Hall–Kier alpha value is -0.890. The molecule has 0 atom stereocenters. The fraction of sp³-hybridized carbons (Fsp3) is 0.714. The van der Waals surface area contributed by atoms with Gasteiger partial charge >= 0.3 is 0 Å². The summed E-state index contributed by atoms with van der Waals surface area (Å²) in [6, 6.07) is 6.00. The van der Waals surface area contributed by atoms with Crippen LogP contribution in [0.3, 0.4) is 0 Å². The van der Waals surface area contributed by atoms with Crippen molar-refractivity contribution in [3.05, 3.63) is 30.1 Å². The van der Waals surface area contributed by atoms with Crippen LogP contribution in [0.25, 0.3) is 0 Å². The molecule has 2 N–H and O–H groups in total. The summed E-state index contributed by atoms with van der Waals surface area (Å²) < 4.78 is 0. The Morgan fingerprint density at radius 3 is 2.48 bits per heavy atom. The predicted molar refractivity (Wildman–Crippen MR) is 124 cm³/mol. The number of hydrogen-bond donors (Lipinski definition) is 2. The van der Waals surface area contributed by atoms with Crippen molar-refractivity contribution in [2.24, 2.45) is 4.99 Å². The first kappa shape index (κ1) is 22.4. The normalized spacial score (nSPS) is 20.6. The third kappa shape index (κ3) is 6.59. The number of likely N-dealkylation sites (tertiary alicyclic amines) is 1. The van der Waals surface area contributed by atoms with Crippen molar-refractivity contribution in [1.29, 1.82) is 0 Å². The highest BCUT2D eigenvalue weighted by atomic mass is 127. The van der Waals surface area contributed by atoms with Gasteiger partial charge in [-0.1, -0.05) is 31.7 Å². The highest BCUT2D eigenvalue weighted by Crippen LogP contribution is 2.35. The Bertz CT molecular complexity index is 551. The van der Waals surface area contributed by atoms with Crippen molar-refractivity contribution in [2.45, 2.75) is 70.4 Å². The van der Waals surface area contributed by atoms with Crippen LogP contribution in [0.4, 0.5) is 0 Å². The Kier molecular flexibility index (Phi) is 9.82. The molecule has 3 rings (SSSR count). The van der Waals surface area contributed by atoms with Gasteiger partial charge in [-0.15, -0.1) is 24.0 Å². The summed E-state index contributed by atoms with van der Waals surface area (Å²) >= 11 is 0. The minimum Gasteiger partial charge on any atom is -0.357 e. The smallest absolute Gasteiger partial charge is 0.191 e. The first-order valence-corrected chi connectivity index (χ1v) is 10.5. The van der Waals surface area contributed by atoms with E-state index in [1.165, 1.54) is 64.5 Å². The first-order valence-electron chi connectivity index (χ1n) is 10.5. The van der Waals surface area contributed by atoms with Crippen molar-refractivity contribution in [2.75, 3.05) is 26.2 Å².